The number of hydrogen-bond acceptors (Lipinski definition) is 3. The van der Waals surface area contributed by atoms with Gasteiger partial charge in [0.1, 0.15) is 0 Å². The number of rotatable bonds is 6. The summed E-state index contributed by atoms with van der Waals surface area (Å²) in [7, 11) is 6.42. The molecule has 1 aliphatic heterocycles. The molecule has 1 fully saturated rings. The summed E-state index contributed by atoms with van der Waals surface area (Å²) in [6.45, 7) is 6.06. The Morgan fingerprint density at radius 1 is 1.47 bits per heavy atom. The van der Waals surface area contributed by atoms with E-state index in [1.807, 2.05) is 7.05 Å². The molecule has 0 aromatic carbocycles. The highest BCUT2D eigenvalue weighted by atomic mass is 15.2. The van der Waals surface area contributed by atoms with Crippen LogP contribution in [0.25, 0.3) is 0 Å². The Kier molecular flexibility index (Phi) is 5.58. The van der Waals surface area contributed by atoms with Gasteiger partial charge in [0.05, 0.1) is 0 Å². The Hall–Kier alpha value is -0.120. The molecule has 1 N–H and O–H groups in total. The molecule has 0 radical (unpaired) electrons. The summed E-state index contributed by atoms with van der Waals surface area (Å²) in [5.74, 6) is 0. The Bertz CT molecular complexity index is 170. The molecule has 0 spiro atoms. The molecule has 0 bridgehead atoms. The number of likely N-dealkylation sites (tertiary alicyclic amines) is 1. The normalized spacial score (nSPS) is 25.0. The molecule has 0 aromatic heterocycles. The molecule has 1 aliphatic rings. The first-order chi connectivity index (χ1) is 7.15. The molecule has 3 nitrogen and oxygen atoms in total. The molecule has 1 rings (SSSR count). The van der Waals surface area contributed by atoms with Crippen LogP contribution < -0.4 is 5.32 Å². The molecule has 0 aliphatic carbocycles. The monoisotopic (exact) mass is 213 g/mol. The molecule has 0 saturated carbocycles. The fourth-order valence-electron chi connectivity index (χ4n) is 2.35. The second kappa shape index (κ2) is 6.46. The van der Waals surface area contributed by atoms with Crippen molar-refractivity contribution in [3.05, 3.63) is 0 Å². The van der Waals surface area contributed by atoms with Crippen LogP contribution in [0.4, 0.5) is 0 Å². The van der Waals surface area contributed by atoms with E-state index in [1.54, 1.807) is 0 Å². The molecule has 2 atom stereocenters. The van der Waals surface area contributed by atoms with E-state index in [-0.39, 0.29) is 0 Å². The van der Waals surface area contributed by atoms with Crippen molar-refractivity contribution >= 4 is 0 Å². The number of hydrogen-bond donors (Lipinski definition) is 1. The predicted octanol–water partition coefficient (Wildman–Crippen LogP) is 1.01. The van der Waals surface area contributed by atoms with Crippen LogP contribution >= 0.6 is 0 Å². The first-order valence-electron chi connectivity index (χ1n) is 6.20. The Morgan fingerprint density at radius 3 is 2.73 bits per heavy atom. The van der Waals surface area contributed by atoms with E-state index in [1.165, 1.54) is 32.4 Å². The van der Waals surface area contributed by atoms with Gasteiger partial charge in [0.25, 0.3) is 0 Å². The summed E-state index contributed by atoms with van der Waals surface area (Å²) in [6, 6.07) is 1.53. The van der Waals surface area contributed by atoms with Crippen molar-refractivity contribution in [2.45, 2.75) is 38.3 Å². The zero-order chi connectivity index (χ0) is 11.3. The maximum Gasteiger partial charge on any atom is 0.0229 e. The highest BCUT2D eigenvalue weighted by molar-refractivity contribution is 4.83. The molecule has 3 heteroatoms. The van der Waals surface area contributed by atoms with Gasteiger partial charge >= 0.3 is 0 Å². The number of likely N-dealkylation sites (N-methyl/N-ethyl adjacent to an activating group) is 1. The lowest BCUT2D eigenvalue weighted by Gasteiger charge is -2.25. The largest absolute Gasteiger partial charge is 0.320 e. The zero-order valence-electron chi connectivity index (χ0n) is 10.8. The van der Waals surface area contributed by atoms with Crippen LogP contribution in [0.1, 0.15) is 26.2 Å². The predicted molar refractivity (Wildman–Crippen MR) is 66.3 cm³/mol. The van der Waals surface area contributed by atoms with Crippen LogP contribution in [0.2, 0.25) is 0 Å². The minimum absolute atomic E-state index is 0.753. The van der Waals surface area contributed by atoms with Gasteiger partial charge in [-0.15, -0.1) is 0 Å². The van der Waals surface area contributed by atoms with Crippen LogP contribution in [-0.2, 0) is 0 Å². The maximum absolute atomic E-state index is 3.21. The summed E-state index contributed by atoms with van der Waals surface area (Å²) >= 11 is 0. The van der Waals surface area contributed by atoms with Gasteiger partial charge in [-0.2, -0.15) is 0 Å². The van der Waals surface area contributed by atoms with Crippen molar-refractivity contribution in [2.24, 2.45) is 0 Å². The van der Waals surface area contributed by atoms with E-state index in [4.69, 9.17) is 0 Å². The van der Waals surface area contributed by atoms with Crippen LogP contribution in [0.5, 0.6) is 0 Å². The second-order valence-electron chi connectivity index (χ2n) is 5.00. The standard InChI is InChI=1S/C12H27N3/c1-11(6-5-8-13-2)15-9-7-12(10-15)14(3)4/h11-13H,5-10H2,1-4H3. The zero-order valence-corrected chi connectivity index (χ0v) is 10.8. The topological polar surface area (TPSA) is 18.5 Å². The van der Waals surface area contributed by atoms with Crippen LogP contribution in [0, 0.1) is 0 Å². The minimum atomic E-state index is 0.753. The van der Waals surface area contributed by atoms with E-state index < -0.39 is 0 Å². The third-order valence-corrected chi connectivity index (χ3v) is 3.60. The van der Waals surface area contributed by atoms with Gasteiger partial charge in [-0.3, -0.25) is 4.90 Å². The van der Waals surface area contributed by atoms with Crippen molar-refractivity contribution in [3.8, 4) is 0 Å². The first-order valence-corrected chi connectivity index (χ1v) is 6.20. The smallest absolute Gasteiger partial charge is 0.0229 e. The summed E-state index contributed by atoms with van der Waals surface area (Å²) < 4.78 is 0. The summed E-state index contributed by atoms with van der Waals surface area (Å²) in [5.41, 5.74) is 0. The van der Waals surface area contributed by atoms with Crippen molar-refractivity contribution in [1.29, 1.82) is 0 Å². The SMILES string of the molecule is CNCCCC(C)N1CCC(N(C)C)C1. The molecule has 15 heavy (non-hydrogen) atoms. The number of nitrogens with one attached hydrogen (secondary N) is 1. The third kappa shape index (κ3) is 4.09. The number of nitrogens with zero attached hydrogens (tertiary/aromatic N) is 2. The molecule has 0 aromatic rings. The highest BCUT2D eigenvalue weighted by Crippen LogP contribution is 2.17. The summed E-state index contributed by atoms with van der Waals surface area (Å²) in [6.07, 6.45) is 3.95. The molecule has 2 unspecified atom stereocenters. The maximum atomic E-state index is 3.21. The van der Waals surface area contributed by atoms with Gasteiger partial charge in [0.2, 0.25) is 0 Å². The fourth-order valence-corrected chi connectivity index (χ4v) is 2.35. The molecule has 90 valence electrons. The lowest BCUT2D eigenvalue weighted by atomic mass is 10.1. The van der Waals surface area contributed by atoms with Crippen molar-refractivity contribution in [1.82, 2.24) is 15.1 Å². The van der Waals surface area contributed by atoms with E-state index >= 15 is 0 Å². The van der Waals surface area contributed by atoms with Crippen molar-refractivity contribution in [3.63, 3.8) is 0 Å². The highest BCUT2D eigenvalue weighted by Gasteiger charge is 2.26. The van der Waals surface area contributed by atoms with Gasteiger partial charge in [0, 0.05) is 25.2 Å². The lowest BCUT2D eigenvalue weighted by Crippen LogP contribution is -2.36. The van der Waals surface area contributed by atoms with E-state index in [0.717, 1.165) is 18.6 Å². The van der Waals surface area contributed by atoms with Crippen molar-refractivity contribution in [2.75, 3.05) is 40.8 Å². The Morgan fingerprint density at radius 2 is 2.20 bits per heavy atom. The third-order valence-electron chi connectivity index (χ3n) is 3.60. The minimum Gasteiger partial charge on any atom is -0.320 e. The van der Waals surface area contributed by atoms with Gasteiger partial charge in [0.15, 0.2) is 0 Å². The second-order valence-corrected chi connectivity index (χ2v) is 5.00. The van der Waals surface area contributed by atoms with Gasteiger partial charge in [-0.25, -0.2) is 0 Å². The van der Waals surface area contributed by atoms with Gasteiger partial charge in [-0.1, -0.05) is 0 Å². The summed E-state index contributed by atoms with van der Waals surface area (Å²) in [4.78, 5) is 5.00. The van der Waals surface area contributed by atoms with E-state index in [2.05, 4.69) is 36.1 Å². The lowest BCUT2D eigenvalue weighted by molar-refractivity contribution is 0.216. The van der Waals surface area contributed by atoms with Gasteiger partial charge in [-0.05, 0) is 53.9 Å². The molecule has 1 saturated heterocycles. The first kappa shape index (κ1) is 12.9. The molecular weight excluding hydrogens is 186 g/mol. The Labute approximate surface area is 94.8 Å². The van der Waals surface area contributed by atoms with E-state index in [0.29, 0.717) is 0 Å². The molecule has 0 amide bonds. The average molecular weight is 213 g/mol. The van der Waals surface area contributed by atoms with Crippen molar-refractivity contribution < 1.29 is 0 Å². The van der Waals surface area contributed by atoms with E-state index in [9.17, 15) is 0 Å². The van der Waals surface area contributed by atoms with Crippen LogP contribution in [-0.4, -0.2) is 62.7 Å². The average Bonchev–Trinajstić information content (AvgIpc) is 2.66. The molecular formula is C12H27N3. The quantitative estimate of drug-likeness (QED) is 0.664. The fraction of sp³-hybridized carbons (Fsp3) is 1.00. The Balaban J connectivity index is 2.21. The van der Waals surface area contributed by atoms with Crippen LogP contribution in [0.3, 0.4) is 0 Å². The van der Waals surface area contributed by atoms with Gasteiger partial charge < -0.3 is 10.2 Å². The van der Waals surface area contributed by atoms with Crippen LogP contribution in [0.15, 0.2) is 0 Å². The summed E-state index contributed by atoms with van der Waals surface area (Å²) in [5, 5.41) is 3.21. The molecule has 1 heterocycles.